The first-order valence-corrected chi connectivity index (χ1v) is 8.34. The third kappa shape index (κ3) is 2.90. The highest BCUT2D eigenvalue weighted by molar-refractivity contribution is 7.92. The van der Waals surface area contributed by atoms with Crippen molar-refractivity contribution in [2.24, 2.45) is 0 Å². The quantitative estimate of drug-likeness (QED) is 0.887. The SMILES string of the molecule is CC1Oc2ccc(S(=O)(=O)Nc3c(F)cccc3F)cc2NC1=O. The van der Waals surface area contributed by atoms with Gasteiger partial charge in [-0.3, -0.25) is 9.52 Å². The van der Waals surface area contributed by atoms with Crippen LogP contribution in [-0.2, 0) is 14.8 Å². The summed E-state index contributed by atoms with van der Waals surface area (Å²) in [5.41, 5.74) is -0.612. The number of benzene rings is 2. The lowest BCUT2D eigenvalue weighted by molar-refractivity contribution is -0.122. The molecule has 0 spiro atoms. The van der Waals surface area contributed by atoms with Crippen molar-refractivity contribution in [3.05, 3.63) is 48.0 Å². The Balaban J connectivity index is 1.96. The molecule has 24 heavy (non-hydrogen) atoms. The lowest BCUT2D eigenvalue weighted by atomic mass is 10.2. The average Bonchev–Trinajstić information content (AvgIpc) is 2.52. The lowest BCUT2D eigenvalue weighted by Gasteiger charge is -2.23. The van der Waals surface area contributed by atoms with Gasteiger partial charge in [0, 0.05) is 0 Å². The Morgan fingerprint density at radius 2 is 1.83 bits per heavy atom. The second kappa shape index (κ2) is 5.75. The van der Waals surface area contributed by atoms with Gasteiger partial charge in [0.2, 0.25) is 0 Å². The molecule has 2 N–H and O–H groups in total. The minimum atomic E-state index is -4.26. The molecule has 1 amide bonds. The van der Waals surface area contributed by atoms with Crippen molar-refractivity contribution >= 4 is 27.3 Å². The molecule has 0 radical (unpaired) electrons. The van der Waals surface area contributed by atoms with E-state index in [2.05, 4.69) is 5.32 Å². The Kier molecular flexibility index (Phi) is 3.88. The fourth-order valence-corrected chi connectivity index (χ4v) is 3.25. The Morgan fingerprint density at radius 3 is 2.50 bits per heavy atom. The molecule has 1 aliphatic heterocycles. The van der Waals surface area contributed by atoms with E-state index in [4.69, 9.17) is 4.74 Å². The molecule has 6 nitrogen and oxygen atoms in total. The van der Waals surface area contributed by atoms with Crippen LogP contribution in [0.5, 0.6) is 5.75 Å². The van der Waals surface area contributed by atoms with Gasteiger partial charge in [-0.05, 0) is 37.3 Å². The van der Waals surface area contributed by atoms with Crippen molar-refractivity contribution in [2.75, 3.05) is 10.0 Å². The van der Waals surface area contributed by atoms with E-state index < -0.39 is 39.4 Å². The van der Waals surface area contributed by atoms with Gasteiger partial charge in [-0.15, -0.1) is 0 Å². The second-order valence-corrected chi connectivity index (χ2v) is 6.79. The smallest absolute Gasteiger partial charge is 0.265 e. The van der Waals surface area contributed by atoms with Gasteiger partial charge in [0.1, 0.15) is 23.1 Å². The van der Waals surface area contributed by atoms with Gasteiger partial charge in [0.15, 0.2) is 6.10 Å². The highest BCUT2D eigenvalue weighted by Gasteiger charge is 2.26. The Labute approximate surface area is 136 Å². The third-order valence-corrected chi connectivity index (χ3v) is 4.74. The van der Waals surface area contributed by atoms with Gasteiger partial charge in [-0.25, -0.2) is 17.2 Å². The summed E-state index contributed by atoms with van der Waals surface area (Å²) in [5, 5.41) is 2.50. The van der Waals surface area contributed by atoms with Crippen molar-refractivity contribution in [3.63, 3.8) is 0 Å². The van der Waals surface area contributed by atoms with Gasteiger partial charge in [0.25, 0.3) is 15.9 Å². The minimum absolute atomic E-state index is 0.162. The van der Waals surface area contributed by atoms with Crippen molar-refractivity contribution in [3.8, 4) is 5.75 Å². The van der Waals surface area contributed by atoms with Crippen molar-refractivity contribution in [1.29, 1.82) is 0 Å². The van der Waals surface area contributed by atoms with Crippen LogP contribution in [0.2, 0.25) is 0 Å². The Bertz CT molecular complexity index is 911. The number of rotatable bonds is 3. The molecule has 2 aromatic carbocycles. The summed E-state index contributed by atoms with van der Waals surface area (Å²) in [6.45, 7) is 1.55. The number of halogens is 2. The number of carbonyl (C=O) groups is 1. The first-order valence-electron chi connectivity index (χ1n) is 6.86. The van der Waals surface area contributed by atoms with E-state index in [1.54, 1.807) is 6.92 Å². The molecule has 9 heteroatoms. The number of para-hydroxylation sites is 1. The first-order chi connectivity index (χ1) is 11.3. The highest BCUT2D eigenvalue weighted by atomic mass is 32.2. The summed E-state index contributed by atoms with van der Waals surface area (Å²) < 4.78 is 59.1. The number of nitrogens with one attached hydrogen (secondary N) is 2. The summed E-state index contributed by atoms with van der Waals surface area (Å²) in [6.07, 6.45) is -0.703. The number of amides is 1. The van der Waals surface area contributed by atoms with Crippen LogP contribution in [-0.4, -0.2) is 20.4 Å². The molecule has 0 saturated heterocycles. The number of hydrogen-bond donors (Lipinski definition) is 2. The molecule has 0 bridgehead atoms. The number of ether oxygens (including phenoxy) is 1. The van der Waals surface area contributed by atoms with E-state index >= 15 is 0 Å². The summed E-state index contributed by atoms with van der Waals surface area (Å²) in [5.74, 6) is -2.20. The van der Waals surface area contributed by atoms with Crippen LogP contribution in [0.4, 0.5) is 20.2 Å². The maximum Gasteiger partial charge on any atom is 0.265 e. The van der Waals surface area contributed by atoms with Crippen LogP contribution < -0.4 is 14.8 Å². The summed E-state index contributed by atoms with van der Waals surface area (Å²) in [7, 11) is -4.26. The summed E-state index contributed by atoms with van der Waals surface area (Å²) in [6, 6.07) is 6.71. The number of sulfonamides is 1. The molecule has 0 aromatic heterocycles. The van der Waals surface area contributed by atoms with E-state index in [0.717, 1.165) is 24.3 Å². The Hall–Kier alpha value is -2.68. The van der Waals surface area contributed by atoms with Gasteiger partial charge in [-0.2, -0.15) is 0 Å². The first kappa shape index (κ1) is 16.2. The van der Waals surface area contributed by atoms with Crippen LogP contribution in [0, 0.1) is 11.6 Å². The number of anilines is 2. The largest absolute Gasteiger partial charge is 0.479 e. The van der Waals surface area contributed by atoms with Crippen LogP contribution in [0.1, 0.15) is 6.92 Å². The van der Waals surface area contributed by atoms with E-state index in [1.165, 1.54) is 12.1 Å². The minimum Gasteiger partial charge on any atom is -0.479 e. The zero-order valence-electron chi connectivity index (χ0n) is 12.3. The van der Waals surface area contributed by atoms with Crippen molar-refractivity contribution in [1.82, 2.24) is 0 Å². The highest BCUT2D eigenvalue weighted by Crippen LogP contribution is 2.32. The summed E-state index contributed by atoms with van der Waals surface area (Å²) >= 11 is 0. The molecule has 0 aliphatic carbocycles. The third-order valence-electron chi connectivity index (χ3n) is 3.39. The van der Waals surface area contributed by atoms with E-state index in [-0.39, 0.29) is 10.6 Å². The molecule has 126 valence electrons. The normalized spacial score (nSPS) is 16.8. The van der Waals surface area contributed by atoms with Crippen LogP contribution in [0.15, 0.2) is 41.3 Å². The Morgan fingerprint density at radius 1 is 1.17 bits per heavy atom. The molecular formula is C15H12F2N2O4S. The number of hydrogen-bond acceptors (Lipinski definition) is 4. The van der Waals surface area contributed by atoms with Gasteiger partial charge < -0.3 is 10.1 Å². The van der Waals surface area contributed by atoms with Gasteiger partial charge in [-0.1, -0.05) is 6.07 Å². The van der Waals surface area contributed by atoms with E-state index in [1.807, 2.05) is 4.72 Å². The molecule has 1 unspecified atom stereocenters. The fraction of sp³-hybridized carbons (Fsp3) is 0.133. The molecule has 2 aromatic rings. The topological polar surface area (TPSA) is 84.5 Å². The van der Waals surface area contributed by atoms with Crippen molar-refractivity contribution in [2.45, 2.75) is 17.9 Å². The summed E-state index contributed by atoms with van der Waals surface area (Å²) in [4.78, 5) is 11.3. The van der Waals surface area contributed by atoms with E-state index in [9.17, 15) is 22.0 Å². The van der Waals surface area contributed by atoms with Crippen LogP contribution >= 0.6 is 0 Å². The average molecular weight is 354 g/mol. The van der Waals surface area contributed by atoms with Crippen LogP contribution in [0.25, 0.3) is 0 Å². The molecule has 0 fully saturated rings. The van der Waals surface area contributed by atoms with E-state index in [0.29, 0.717) is 5.75 Å². The van der Waals surface area contributed by atoms with Gasteiger partial charge in [0.05, 0.1) is 10.6 Å². The molecular weight excluding hydrogens is 342 g/mol. The zero-order chi connectivity index (χ0) is 17.5. The number of carbonyl (C=O) groups excluding carboxylic acids is 1. The standard InChI is InChI=1S/C15H12F2N2O4S/c1-8-15(20)18-12-7-9(5-6-13(12)23-8)24(21,22)19-14-10(16)3-2-4-11(14)17/h2-8,19H,1H3,(H,18,20). The maximum atomic E-state index is 13.6. The molecule has 1 heterocycles. The predicted octanol–water partition coefficient (Wildman–Crippen LogP) is 2.49. The lowest BCUT2D eigenvalue weighted by Crippen LogP contribution is -2.34. The molecule has 1 aliphatic rings. The molecule has 3 rings (SSSR count). The zero-order valence-corrected chi connectivity index (χ0v) is 13.2. The van der Waals surface area contributed by atoms with Crippen molar-refractivity contribution < 1.29 is 26.7 Å². The molecule has 1 atom stereocenters. The predicted molar refractivity (Wildman–Crippen MR) is 82.3 cm³/mol. The van der Waals surface area contributed by atoms with Crippen LogP contribution in [0.3, 0.4) is 0 Å². The second-order valence-electron chi connectivity index (χ2n) is 5.11. The number of fused-ring (bicyclic) bond motifs is 1. The maximum absolute atomic E-state index is 13.6. The fourth-order valence-electron chi connectivity index (χ4n) is 2.14. The van der Waals surface area contributed by atoms with Gasteiger partial charge >= 0.3 is 0 Å². The molecule has 0 saturated carbocycles. The monoisotopic (exact) mass is 354 g/mol.